The first-order valence-corrected chi connectivity index (χ1v) is 14.8. The van der Waals surface area contributed by atoms with E-state index >= 15 is 0 Å². The predicted octanol–water partition coefficient (Wildman–Crippen LogP) is 4.88. The molecule has 0 heterocycles. The van der Waals surface area contributed by atoms with Crippen LogP contribution in [0, 0.1) is 0 Å². The topological polar surface area (TPSA) is 163 Å². The first kappa shape index (κ1) is 28.2. The molecule has 3 N–H and O–H groups in total. The molecule has 3 aromatic rings. The SMILES string of the molecule is C=C/C=C(\C(=C/C)S(=O)(=O)O)c1cc(-c2cccc(S(=O)(=O)O)c2)cc(-c2ccccc2S(=O)(=O)O)c1. The second-order valence-corrected chi connectivity index (χ2v) is 11.9. The zero-order valence-corrected chi connectivity index (χ0v) is 21.8. The summed E-state index contributed by atoms with van der Waals surface area (Å²) in [5.74, 6) is 0. The Morgan fingerprint density at radius 2 is 1.41 bits per heavy atom. The molecule has 0 atom stereocenters. The fourth-order valence-corrected chi connectivity index (χ4v) is 5.76. The maximum atomic E-state index is 12.1. The van der Waals surface area contributed by atoms with Crippen LogP contribution in [0.2, 0.25) is 0 Å². The molecule has 9 nitrogen and oxygen atoms in total. The van der Waals surface area contributed by atoms with Crippen LogP contribution >= 0.6 is 0 Å². The van der Waals surface area contributed by atoms with Gasteiger partial charge in [0.1, 0.15) is 4.90 Å². The highest BCUT2D eigenvalue weighted by atomic mass is 32.2. The normalized spacial score (nSPS) is 13.4. The molecule has 0 saturated carbocycles. The van der Waals surface area contributed by atoms with Crippen molar-refractivity contribution in [3.05, 3.63) is 102 Å². The van der Waals surface area contributed by atoms with E-state index in [2.05, 4.69) is 6.58 Å². The number of hydrogen-bond donors (Lipinski definition) is 3. The van der Waals surface area contributed by atoms with Gasteiger partial charge in [0.25, 0.3) is 30.4 Å². The number of rotatable bonds is 8. The summed E-state index contributed by atoms with van der Waals surface area (Å²) in [5.41, 5.74) is 1.10. The van der Waals surface area contributed by atoms with Crippen LogP contribution in [0.4, 0.5) is 0 Å². The number of benzene rings is 3. The molecule has 3 aromatic carbocycles. The lowest BCUT2D eigenvalue weighted by Crippen LogP contribution is -2.05. The molecule has 0 bridgehead atoms. The minimum atomic E-state index is -4.70. The van der Waals surface area contributed by atoms with Gasteiger partial charge in [0.15, 0.2) is 0 Å². The van der Waals surface area contributed by atoms with Crippen molar-refractivity contribution >= 4 is 35.9 Å². The van der Waals surface area contributed by atoms with Crippen molar-refractivity contribution in [1.29, 1.82) is 0 Å². The molecule has 194 valence electrons. The van der Waals surface area contributed by atoms with E-state index in [9.17, 15) is 38.9 Å². The van der Waals surface area contributed by atoms with E-state index in [4.69, 9.17) is 0 Å². The molecule has 0 fully saturated rings. The number of hydrogen-bond acceptors (Lipinski definition) is 6. The van der Waals surface area contributed by atoms with E-state index < -0.39 is 45.1 Å². The van der Waals surface area contributed by atoms with Crippen molar-refractivity contribution < 1.29 is 38.9 Å². The van der Waals surface area contributed by atoms with Crippen LogP contribution in [0.1, 0.15) is 12.5 Å². The van der Waals surface area contributed by atoms with Gasteiger partial charge in [0.05, 0.1) is 9.80 Å². The van der Waals surface area contributed by atoms with Gasteiger partial charge in [-0.3, -0.25) is 13.7 Å². The summed E-state index contributed by atoms with van der Waals surface area (Å²) in [4.78, 5) is -1.27. The number of allylic oxidation sites excluding steroid dienone is 4. The summed E-state index contributed by atoms with van der Waals surface area (Å²) >= 11 is 0. The Bertz CT molecular complexity index is 1770. The summed E-state index contributed by atoms with van der Waals surface area (Å²) in [6.07, 6.45) is 3.79. The molecule has 0 amide bonds. The maximum Gasteiger partial charge on any atom is 0.295 e. The Labute approximate surface area is 215 Å². The van der Waals surface area contributed by atoms with E-state index in [1.54, 1.807) is 0 Å². The molecule has 0 aliphatic carbocycles. The van der Waals surface area contributed by atoms with Gasteiger partial charge in [-0.25, -0.2) is 0 Å². The molecule has 37 heavy (non-hydrogen) atoms. The minimum absolute atomic E-state index is 0.0124. The third-order valence-electron chi connectivity index (χ3n) is 5.28. The van der Waals surface area contributed by atoms with Gasteiger partial charge >= 0.3 is 0 Å². The summed E-state index contributed by atoms with van der Waals surface area (Å²) in [7, 11) is -13.9. The average molecular weight is 563 g/mol. The third kappa shape index (κ3) is 6.49. The fraction of sp³-hybridized carbons (Fsp3) is 0.0400. The lowest BCUT2D eigenvalue weighted by atomic mass is 9.92. The molecule has 0 saturated heterocycles. The van der Waals surface area contributed by atoms with E-state index in [1.807, 2.05) is 0 Å². The molecule has 0 aliphatic heterocycles. The van der Waals surface area contributed by atoms with Crippen LogP contribution in [0.25, 0.3) is 27.8 Å². The smallest absolute Gasteiger partial charge is 0.282 e. The zero-order chi connectivity index (χ0) is 27.6. The Hall–Kier alpha value is -3.39. The summed E-state index contributed by atoms with van der Waals surface area (Å²) in [6, 6.07) is 15.3. The lowest BCUT2D eigenvalue weighted by molar-refractivity contribution is 0.481. The highest BCUT2D eigenvalue weighted by molar-refractivity contribution is 7.90. The monoisotopic (exact) mass is 562 g/mol. The molecule has 0 aromatic heterocycles. The van der Waals surface area contributed by atoms with Gasteiger partial charge in [0, 0.05) is 11.1 Å². The molecular formula is C25H22O9S3. The van der Waals surface area contributed by atoms with Crippen molar-refractivity contribution in [3.63, 3.8) is 0 Å². The highest BCUT2D eigenvalue weighted by Gasteiger charge is 2.22. The summed E-state index contributed by atoms with van der Waals surface area (Å²) < 4.78 is 101. The Kier molecular flexibility index (Phi) is 8.03. The Balaban J connectivity index is 2.46. The van der Waals surface area contributed by atoms with Crippen molar-refractivity contribution in [2.75, 3.05) is 0 Å². The molecule has 0 unspecified atom stereocenters. The van der Waals surface area contributed by atoms with Gasteiger partial charge in [-0.05, 0) is 65.6 Å². The second kappa shape index (κ2) is 10.5. The van der Waals surface area contributed by atoms with Crippen LogP contribution in [-0.4, -0.2) is 38.9 Å². The predicted molar refractivity (Wildman–Crippen MR) is 140 cm³/mol. The van der Waals surface area contributed by atoms with Gasteiger partial charge in [0.2, 0.25) is 0 Å². The summed E-state index contributed by atoms with van der Waals surface area (Å²) in [6.45, 7) is 4.98. The van der Waals surface area contributed by atoms with Crippen molar-refractivity contribution in [2.45, 2.75) is 16.7 Å². The first-order valence-electron chi connectivity index (χ1n) is 10.4. The highest BCUT2D eigenvalue weighted by Crippen LogP contribution is 2.37. The molecule has 0 aliphatic rings. The fourth-order valence-electron chi connectivity index (χ4n) is 3.75. The molecule has 0 spiro atoms. The molecule has 0 radical (unpaired) electrons. The van der Waals surface area contributed by atoms with Crippen LogP contribution in [0.5, 0.6) is 0 Å². The molecular weight excluding hydrogens is 540 g/mol. The quantitative estimate of drug-likeness (QED) is 0.256. The Morgan fingerprint density at radius 3 is 1.97 bits per heavy atom. The van der Waals surface area contributed by atoms with E-state index in [0.717, 1.165) is 0 Å². The standard InChI is InChI=1S/C25H22O9S3/c1-3-8-22(24(4-2)36(29,30)31)19-13-18(17-9-7-10-21(16-17)35(26,27)28)14-20(15-19)23-11-5-6-12-25(23)37(32,33)34/h3-16H,1H2,2H3,(H,26,27,28)(H,29,30,31)(H,32,33,34)/b22-8-,24-4+. The van der Waals surface area contributed by atoms with Gasteiger partial charge in [-0.2, -0.15) is 25.3 Å². The maximum absolute atomic E-state index is 12.1. The lowest BCUT2D eigenvalue weighted by Gasteiger charge is -2.16. The van der Waals surface area contributed by atoms with E-state index in [1.165, 1.54) is 91.9 Å². The largest absolute Gasteiger partial charge is 0.295 e. The first-order chi connectivity index (χ1) is 17.2. The third-order valence-corrected chi connectivity index (χ3v) is 8.05. The zero-order valence-electron chi connectivity index (χ0n) is 19.3. The van der Waals surface area contributed by atoms with Crippen LogP contribution < -0.4 is 0 Å². The van der Waals surface area contributed by atoms with Crippen molar-refractivity contribution in [1.82, 2.24) is 0 Å². The van der Waals surface area contributed by atoms with Crippen molar-refractivity contribution in [2.24, 2.45) is 0 Å². The average Bonchev–Trinajstić information content (AvgIpc) is 2.82. The van der Waals surface area contributed by atoms with Gasteiger partial charge in [-0.15, -0.1) is 0 Å². The van der Waals surface area contributed by atoms with Gasteiger partial charge < -0.3 is 0 Å². The van der Waals surface area contributed by atoms with Crippen LogP contribution in [0.15, 0.2) is 106 Å². The molecule has 12 heteroatoms. The van der Waals surface area contributed by atoms with Crippen LogP contribution in [0.3, 0.4) is 0 Å². The van der Waals surface area contributed by atoms with E-state index in [-0.39, 0.29) is 27.8 Å². The minimum Gasteiger partial charge on any atom is -0.282 e. The van der Waals surface area contributed by atoms with E-state index in [0.29, 0.717) is 5.56 Å². The van der Waals surface area contributed by atoms with Crippen LogP contribution in [-0.2, 0) is 30.4 Å². The molecule has 3 rings (SSSR count). The summed E-state index contributed by atoms with van der Waals surface area (Å²) in [5, 5.41) is 0. The van der Waals surface area contributed by atoms with Gasteiger partial charge in [-0.1, -0.05) is 55.1 Å². The second-order valence-electron chi connectivity index (χ2n) is 7.72. The van der Waals surface area contributed by atoms with Crippen molar-refractivity contribution in [3.8, 4) is 22.3 Å². The Morgan fingerprint density at radius 1 is 0.757 bits per heavy atom.